The normalized spacial score (nSPS) is 14.8. The maximum Gasteiger partial charge on any atom is 0.346 e. The van der Waals surface area contributed by atoms with E-state index >= 15 is 0 Å². The van der Waals surface area contributed by atoms with Gasteiger partial charge in [-0.25, -0.2) is 4.79 Å². The highest BCUT2D eigenvalue weighted by atomic mass is 79.9. The molecule has 1 aliphatic carbocycles. The summed E-state index contributed by atoms with van der Waals surface area (Å²) in [7, 11) is 0. The lowest BCUT2D eigenvalue weighted by Crippen LogP contribution is -1.95. The highest BCUT2D eigenvalue weighted by Gasteiger charge is 2.24. The van der Waals surface area contributed by atoms with Crippen molar-refractivity contribution in [2.24, 2.45) is 0 Å². The molecule has 0 unspecified atom stereocenters. The summed E-state index contributed by atoms with van der Waals surface area (Å²) in [6.07, 6.45) is 3.05. The van der Waals surface area contributed by atoms with E-state index in [2.05, 4.69) is 15.9 Å². The molecular weight excluding hydrogens is 240 g/mol. The van der Waals surface area contributed by atoms with Crippen molar-refractivity contribution in [3.05, 3.63) is 19.8 Å². The van der Waals surface area contributed by atoms with Crippen LogP contribution in [0.4, 0.5) is 0 Å². The van der Waals surface area contributed by atoms with Gasteiger partial charge in [0.15, 0.2) is 0 Å². The first-order valence-corrected chi connectivity index (χ1v) is 5.34. The van der Waals surface area contributed by atoms with Gasteiger partial charge in [-0.3, -0.25) is 0 Å². The van der Waals surface area contributed by atoms with Crippen LogP contribution in [-0.4, -0.2) is 11.1 Å². The Kier molecular flexibility index (Phi) is 1.96. The van der Waals surface area contributed by atoms with Crippen LogP contribution in [0.5, 0.6) is 0 Å². The van der Waals surface area contributed by atoms with E-state index in [4.69, 9.17) is 5.11 Å². The molecule has 1 aromatic heterocycles. The number of rotatable bonds is 1. The van der Waals surface area contributed by atoms with Gasteiger partial charge in [-0.15, -0.1) is 11.3 Å². The fourth-order valence-electron chi connectivity index (χ4n) is 1.60. The Morgan fingerprint density at radius 3 is 2.75 bits per heavy atom. The Balaban J connectivity index is 2.58. The van der Waals surface area contributed by atoms with Crippen LogP contribution in [0.3, 0.4) is 0 Å². The average Bonchev–Trinajstić information content (AvgIpc) is 2.53. The zero-order valence-corrected chi connectivity index (χ0v) is 8.67. The molecule has 0 fully saturated rings. The summed E-state index contributed by atoms with van der Waals surface area (Å²) >= 11 is 4.73. The third kappa shape index (κ3) is 1.10. The summed E-state index contributed by atoms with van der Waals surface area (Å²) < 4.78 is 1.01. The first-order valence-electron chi connectivity index (χ1n) is 3.73. The van der Waals surface area contributed by atoms with Gasteiger partial charge in [-0.1, -0.05) is 0 Å². The number of fused-ring (bicyclic) bond motifs is 1. The van der Waals surface area contributed by atoms with E-state index in [1.807, 2.05) is 0 Å². The molecule has 1 heterocycles. The standard InChI is InChI=1S/C8H7BrO2S/c9-7-5-3-1-2-4(5)6(12-7)8(10)11/h1-3H2,(H,10,11). The zero-order valence-electron chi connectivity index (χ0n) is 6.26. The lowest BCUT2D eigenvalue weighted by atomic mass is 10.2. The molecule has 0 aromatic carbocycles. The van der Waals surface area contributed by atoms with Gasteiger partial charge in [0.2, 0.25) is 0 Å². The Morgan fingerprint density at radius 1 is 1.42 bits per heavy atom. The van der Waals surface area contributed by atoms with E-state index in [0.29, 0.717) is 4.88 Å². The molecule has 2 rings (SSSR count). The minimum absolute atomic E-state index is 0.523. The molecule has 0 saturated carbocycles. The summed E-state index contributed by atoms with van der Waals surface area (Å²) in [6, 6.07) is 0. The first kappa shape index (κ1) is 8.26. The van der Waals surface area contributed by atoms with Crippen LogP contribution in [0.15, 0.2) is 3.79 Å². The van der Waals surface area contributed by atoms with Gasteiger partial charge >= 0.3 is 5.97 Å². The second-order valence-electron chi connectivity index (χ2n) is 2.82. The van der Waals surface area contributed by atoms with Crippen molar-refractivity contribution in [2.75, 3.05) is 0 Å². The Hall–Kier alpha value is -0.350. The number of hydrogen-bond acceptors (Lipinski definition) is 2. The Morgan fingerprint density at radius 2 is 2.08 bits per heavy atom. The molecule has 12 heavy (non-hydrogen) atoms. The maximum absolute atomic E-state index is 10.8. The second-order valence-corrected chi connectivity index (χ2v) is 5.16. The van der Waals surface area contributed by atoms with Gasteiger partial charge < -0.3 is 5.11 Å². The third-order valence-electron chi connectivity index (χ3n) is 2.12. The number of aromatic carboxylic acids is 1. The number of carboxylic acid groups (broad SMARTS) is 1. The van der Waals surface area contributed by atoms with E-state index in [0.717, 1.165) is 28.6 Å². The first-order chi connectivity index (χ1) is 5.70. The number of carbonyl (C=O) groups is 1. The fraction of sp³-hybridized carbons (Fsp3) is 0.375. The molecule has 0 bridgehead atoms. The molecular formula is C8H7BrO2S. The van der Waals surface area contributed by atoms with Crippen molar-refractivity contribution in [1.29, 1.82) is 0 Å². The van der Waals surface area contributed by atoms with Gasteiger partial charge in [-0.05, 0) is 46.3 Å². The van der Waals surface area contributed by atoms with E-state index in [1.165, 1.54) is 16.9 Å². The maximum atomic E-state index is 10.8. The molecule has 4 heteroatoms. The quantitative estimate of drug-likeness (QED) is 0.828. The summed E-state index contributed by atoms with van der Waals surface area (Å²) in [5.41, 5.74) is 2.27. The van der Waals surface area contributed by atoms with Gasteiger partial charge in [0.05, 0.1) is 3.79 Å². The fourth-order valence-corrected chi connectivity index (χ4v) is 3.48. The number of carboxylic acids is 1. The van der Waals surface area contributed by atoms with E-state index in [-0.39, 0.29) is 0 Å². The second kappa shape index (κ2) is 2.85. The van der Waals surface area contributed by atoms with E-state index in [9.17, 15) is 4.79 Å². The van der Waals surface area contributed by atoms with Crippen LogP contribution in [0.1, 0.15) is 27.2 Å². The van der Waals surface area contributed by atoms with Crippen molar-refractivity contribution < 1.29 is 9.90 Å². The van der Waals surface area contributed by atoms with Crippen LogP contribution in [0, 0.1) is 0 Å². The van der Waals surface area contributed by atoms with Crippen LogP contribution in [0.25, 0.3) is 0 Å². The molecule has 1 aromatic rings. The minimum Gasteiger partial charge on any atom is -0.477 e. The van der Waals surface area contributed by atoms with Crippen LogP contribution < -0.4 is 0 Å². The topological polar surface area (TPSA) is 37.3 Å². The average molecular weight is 247 g/mol. The van der Waals surface area contributed by atoms with Crippen molar-refractivity contribution in [1.82, 2.24) is 0 Å². The Labute approximate surface area is 82.3 Å². The highest BCUT2D eigenvalue weighted by Crippen LogP contribution is 2.38. The molecule has 64 valence electrons. The van der Waals surface area contributed by atoms with Crippen LogP contribution in [0.2, 0.25) is 0 Å². The van der Waals surface area contributed by atoms with Crippen LogP contribution in [-0.2, 0) is 12.8 Å². The highest BCUT2D eigenvalue weighted by molar-refractivity contribution is 9.11. The molecule has 0 atom stereocenters. The molecule has 0 spiro atoms. The van der Waals surface area contributed by atoms with E-state index in [1.54, 1.807) is 0 Å². The zero-order chi connectivity index (χ0) is 8.72. The molecule has 0 radical (unpaired) electrons. The predicted octanol–water partition coefficient (Wildman–Crippen LogP) is 2.70. The third-order valence-corrected chi connectivity index (χ3v) is 4.13. The largest absolute Gasteiger partial charge is 0.477 e. The monoisotopic (exact) mass is 246 g/mol. The molecule has 0 amide bonds. The molecule has 2 nitrogen and oxygen atoms in total. The predicted molar refractivity (Wildman–Crippen MR) is 51.0 cm³/mol. The Bertz CT molecular complexity index is 343. The molecule has 1 aliphatic rings. The molecule has 0 saturated heterocycles. The van der Waals surface area contributed by atoms with Crippen molar-refractivity contribution in [3.8, 4) is 0 Å². The summed E-state index contributed by atoms with van der Waals surface area (Å²) in [5, 5.41) is 8.85. The van der Waals surface area contributed by atoms with Gasteiger partial charge in [0.1, 0.15) is 4.88 Å². The molecule has 0 aliphatic heterocycles. The lowest BCUT2D eigenvalue weighted by Gasteiger charge is -1.90. The van der Waals surface area contributed by atoms with Crippen LogP contribution >= 0.6 is 27.3 Å². The van der Waals surface area contributed by atoms with Gasteiger partial charge in [-0.2, -0.15) is 0 Å². The SMILES string of the molecule is O=C(O)c1sc(Br)c2c1CCC2. The number of hydrogen-bond donors (Lipinski definition) is 1. The summed E-state index contributed by atoms with van der Waals surface area (Å²) in [5.74, 6) is -0.788. The lowest BCUT2D eigenvalue weighted by molar-refractivity contribution is 0.0701. The van der Waals surface area contributed by atoms with E-state index < -0.39 is 5.97 Å². The summed E-state index contributed by atoms with van der Waals surface area (Å²) in [6.45, 7) is 0. The van der Waals surface area contributed by atoms with Gasteiger partial charge in [0, 0.05) is 0 Å². The molecule has 1 N–H and O–H groups in total. The van der Waals surface area contributed by atoms with Crippen molar-refractivity contribution >= 4 is 33.2 Å². The smallest absolute Gasteiger partial charge is 0.346 e. The van der Waals surface area contributed by atoms with Crippen molar-refractivity contribution in [2.45, 2.75) is 19.3 Å². The van der Waals surface area contributed by atoms with Crippen molar-refractivity contribution in [3.63, 3.8) is 0 Å². The number of thiophene rings is 1. The number of halogens is 1. The van der Waals surface area contributed by atoms with Gasteiger partial charge in [0.25, 0.3) is 0 Å². The summed E-state index contributed by atoms with van der Waals surface area (Å²) in [4.78, 5) is 11.3. The minimum atomic E-state index is -0.788.